The van der Waals surface area contributed by atoms with Crippen LogP contribution in [0.25, 0.3) is 16.7 Å². The second-order valence-electron chi connectivity index (χ2n) is 7.91. The number of nitrogens with one attached hydrogen (secondary N) is 1. The lowest BCUT2D eigenvalue weighted by molar-refractivity contribution is -0.117. The van der Waals surface area contributed by atoms with Crippen molar-refractivity contribution in [1.29, 1.82) is 0 Å². The van der Waals surface area contributed by atoms with E-state index >= 15 is 0 Å². The van der Waals surface area contributed by atoms with E-state index in [0.29, 0.717) is 28.2 Å². The number of aromatic nitrogens is 4. The van der Waals surface area contributed by atoms with Crippen molar-refractivity contribution in [2.75, 3.05) is 5.32 Å². The third-order valence-electron chi connectivity index (χ3n) is 5.00. The second kappa shape index (κ2) is 8.03. The normalized spacial score (nSPS) is 11.5. The van der Waals surface area contributed by atoms with Crippen LogP contribution in [0.1, 0.15) is 19.4 Å². The van der Waals surface area contributed by atoms with E-state index in [9.17, 15) is 14.4 Å². The molecular weight excluding hydrogens is 418 g/mol. The Hall–Kier alpha value is -3.39. The number of amides is 1. The first-order chi connectivity index (χ1) is 14.8. The van der Waals surface area contributed by atoms with E-state index in [1.54, 1.807) is 42.5 Å². The molecule has 0 bridgehead atoms. The summed E-state index contributed by atoms with van der Waals surface area (Å²) in [5.74, 6) is -0.0379. The molecule has 2 aromatic heterocycles. The fourth-order valence-corrected chi connectivity index (χ4v) is 3.73. The molecule has 0 unspecified atom stereocenters. The summed E-state index contributed by atoms with van der Waals surface area (Å²) >= 11 is 6.01. The maximum absolute atomic E-state index is 13.1. The topological polar surface area (TPSA) is 90.4 Å². The quantitative estimate of drug-likeness (QED) is 0.517. The van der Waals surface area contributed by atoms with Crippen LogP contribution in [0.5, 0.6) is 0 Å². The van der Waals surface area contributed by atoms with Crippen molar-refractivity contribution < 1.29 is 4.79 Å². The van der Waals surface area contributed by atoms with Crippen LogP contribution in [0.4, 0.5) is 5.69 Å². The Morgan fingerprint density at radius 1 is 1.16 bits per heavy atom. The van der Waals surface area contributed by atoms with Gasteiger partial charge in [-0.3, -0.25) is 14.2 Å². The average Bonchev–Trinajstić information content (AvgIpc) is 3.04. The summed E-state index contributed by atoms with van der Waals surface area (Å²) in [4.78, 5) is 38.8. The van der Waals surface area contributed by atoms with E-state index < -0.39 is 11.6 Å². The van der Waals surface area contributed by atoms with Crippen LogP contribution >= 0.6 is 11.6 Å². The van der Waals surface area contributed by atoms with Crippen LogP contribution < -0.4 is 16.6 Å². The van der Waals surface area contributed by atoms with E-state index in [2.05, 4.69) is 10.4 Å². The summed E-state index contributed by atoms with van der Waals surface area (Å²) in [7, 11) is 0. The molecule has 2 heterocycles. The number of aryl methyl sites for hydroxylation is 1. The zero-order chi connectivity index (χ0) is 22.3. The lowest BCUT2D eigenvalue weighted by atomic mass is 10.2. The van der Waals surface area contributed by atoms with Crippen LogP contribution in [-0.4, -0.2) is 24.7 Å². The second-order valence-corrected chi connectivity index (χ2v) is 8.35. The molecule has 4 rings (SSSR count). The fraction of sp³-hybridized carbons (Fsp3) is 0.273. The van der Waals surface area contributed by atoms with Gasteiger partial charge in [-0.25, -0.2) is 13.9 Å². The SMILES string of the molecule is Cc1ccc(Cl)cc1NC(=O)Cn1nc2n(CC(C)C)c(=O)c3ccccc3n2c1=O. The van der Waals surface area contributed by atoms with Gasteiger partial charge < -0.3 is 5.32 Å². The van der Waals surface area contributed by atoms with Crippen LogP contribution in [0.15, 0.2) is 52.1 Å². The Morgan fingerprint density at radius 3 is 2.65 bits per heavy atom. The van der Waals surface area contributed by atoms with Gasteiger partial charge >= 0.3 is 5.69 Å². The van der Waals surface area contributed by atoms with Crippen molar-refractivity contribution in [3.05, 3.63) is 73.9 Å². The molecule has 160 valence electrons. The molecule has 1 N–H and O–H groups in total. The van der Waals surface area contributed by atoms with Crippen LogP contribution in [0.2, 0.25) is 5.02 Å². The smallest absolute Gasteiger partial charge is 0.324 e. The average molecular weight is 440 g/mol. The Balaban J connectivity index is 1.81. The highest BCUT2D eigenvalue weighted by molar-refractivity contribution is 6.31. The first-order valence-corrected chi connectivity index (χ1v) is 10.3. The molecule has 1 amide bonds. The van der Waals surface area contributed by atoms with Crippen molar-refractivity contribution in [2.24, 2.45) is 5.92 Å². The minimum Gasteiger partial charge on any atom is -0.324 e. The maximum Gasteiger partial charge on any atom is 0.352 e. The van der Waals surface area contributed by atoms with Gasteiger partial charge in [-0.1, -0.05) is 43.6 Å². The van der Waals surface area contributed by atoms with Gasteiger partial charge in [-0.2, -0.15) is 0 Å². The molecule has 0 radical (unpaired) electrons. The van der Waals surface area contributed by atoms with E-state index in [1.165, 1.54) is 8.97 Å². The van der Waals surface area contributed by atoms with E-state index in [4.69, 9.17) is 11.6 Å². The molecule has 0 saturated heterocycles. The third kappa shape index (κ3) is 3.86. The van der Waals surface area contributed by atoms with Crippen LogP contribution in [0, 0.1) is 12.8 Å². The minimum atomic E-state index is -0.485. The molecule has 8 nitrogen and oxygen atoms in total. The number of halogens is 1. The molecule has 0 aliphatic heterocycles. The summed E-state index contributed by atoms with van der Waals surface area (Å²) in [6.45, 7) is 5.91. The minimum absolute atomic E-state index is 0.164. The predicted octanol–water partition coefficient (Wildman–Crippen LogP) is 3.07. The number of benzene rings is 2. The number of carbonyl (C=O) groups is 1. The first-order valence-electron chi connectivity index (χ1n) is 9.93. The Kier molecular flexibility index (Phi) is 5.41. The van der Waals surface area contributed by atoms with Crippen LogP contribution in [-0.2, 0) is 17.9 Å². The molecule has 0 saturated carbocycles. The Bertz CT molecular complexity index is 1430. The number of hydrogen-bond donors (Lipinski definition) is 1. The summed E-state index contributed by atoms with van der Waals surface area (Å²) in [5, 5.41) is 8.03. The van der Waals surface area contributed by atoms with Gasteiger partial charge in [0, 0.05) is 17.3 Å². The largest absolute Gasteiger partial charge is 0.352 e. The Morgan fingerprint density at radius 2 is 1.90 bits per heavy atom. The highest BCUT2D eigenvalue weighted by Crippen LogP contribution is 2.20. The van der Waals surface area contributed by atoms with Gasteiger partial charge in [0.25, 0.3) is 5.56 Å². The molecule has 0 aliphatic carbocycles. The highest BCUT2D eigenvalue weighted by Gasteiger charge is 2.19. The predicted molar refractivity (Wildman–Crippen MR) is 121 cm³/mol. The van der Waals surface area contributed by atoms with Crippen molar-refractivity contribution in [3.8, 4) is 0 Å². The van der Waals surface area contributed by atoms with E-state index in [0.717, 1.165) is 10.2 Å². The van der Waals surface area contributed by atoms with Gasteiger partial charge in [0.15, 0.2) is 0 Å². The number of nitrogens with zero attached hydrogens (tertiary/aromatic N) is 4. The molecule has 4 aromatic rings. The Labute approximate surface area is 182 Å². The van der Waals surface area contributed by atoms with Crippen molar-refractivity contribution in [1.82, 2.24) is 18.7 Å². The summed E-state index contributed by atoms with van der Waals surface area (Å²) in [5.41, 5.74) is 1.17. The zero-order valence-electron chi connectivity index (χ0n) is 17.4. The van der Waals surface area contributed by atoms with Gasteiger partial charge in [-0.15, -0.1) is 5.10 Å². The molecular formula is C22H22ClN5O3. The zero-order valence-corrected chi connectivity index (χ0v) is 18.2. The van der Waals surface area contributed by atoms with Gasteiger partial charge in [0.1, 0.15) is 6.54 Å². The number of para-hydroxylation sites is 1. The molecule has 0 atom stereocenters. The standard InChI is InChI=1S/C22H22ClN5O3/c1-13(2)11-26-20(30)16-6-4-5-7-18(16)28-21(26)25-27(22(28)31)12-19(29)24-17-10-15(23)9-8-14(17)3/h4-10,13H,11-12H2,1-3H3,(H,24,29). The van der Waals surface area contributed by atoms with Crippen molar-refractivity contribution in [3.63, 3.8) is 0 Å². The number of rotatable bonds is 5. The molecule has 9 heteroatoms. The lowest BCUT2D eigenvalue weighted by Gasteiger charge is -2.11. The van der Waals surface area contributed by atoms with Crippen molar-refractivity contribution >= 4 is 39.9 Å². The first kappa shape index (κ1) is 20.9. The summed E-state index contributed by atoms with van der Waals surface area (Å²) in [6, 6.07) is 12.1. The number of anilines is 1. The fourth-order valence-electron chi connectivity index (χ4n) is 3.55. The van der Waals surface area contributed by atoms with E-state index in [1.807, 2.05) is 20.8 Å². The van der Waals surface area contributed by atoms with E-state index in [-0.39, 0.29) is 23.8 Å². The van der Waals surface area contributed by atoms with Gasteiger partial charge in [0.05, 0.1) is 10.9 Å². The summed E-state index contributed by atoms with van der Waals surface area (Å²) in [6.07, 6.45) is 0. The molecule has 0 aliphatic rings. The number of fused-ring (bicyclic) bond motifs is 3. The lowest BCUT2D eigenvalue weighted by Crippen LogP contribution is -2.29. The molecule has 0 spiro atoms. The van der Waals surface area contributed by atoms with Crippen molar-refractivity contribution in [2.45, 2.75) is 33.9 Å². The number of carbonyl (C=O) groups excluding carboxylic acids is 1. The molecule has 31 heavy (non-hydrogen) atoms. The van der Waals surface area contributed by atoms with Gasteiger partial charge in [-0.05, 0) is 42.7 Å². The monoisotopic (exact) mass is 439 g/mol. The molecule has 2 aromatic carbocycles. The van der Waals surface area contributed by atoms with Crippen LogP contribution in [0.3, 0.4) is 0 Å². The summed E-state index contributed by atoms with van der Waals surface area (Å²) < 4.78 is 3.95. The highest BCUT2D eigenvalue weighted by atomic mass is 35.5. The van der Waals surface area contributed by atoms with Gasteiger partial charge in [0.2, 0.25) is 11.7 Å². The number of hydrogen-bond acceptors (Lipinski definition) is 4. The maximum atomic E-state index is 13.1. The third-order valence-corrected chi connectivity index (χ3v) is 5.23. The molecule has 0 fully saturated rings.